The maximum absolute atomic E-state index is 12.2. The number of amides is 1. The number of aromatic carboxylic acids is 2. The molecule has 134 valence electrons. The number of carboxylic acids is 2. The number of hydrogen-bond donors (Lipinski definition) is 2. The Morgan fingerprint density at radius 2 is 1.50 bits per heavy atom. The minimum Gasteiger partial charge on any atom is -0.493 e. The van der Waals surface area contributed by atoms with Crippen molar-refractivity contribution in [2.45, 2.75) is 6.42 Å². The maximum atomic E-state index is 12.2. The van der Waals surface area contributed by atoms with Gasteiger partial charge in [-0.1, -0.05) is 0 Å². The number of carbonyl (C=O) groups excluding carboxylic acids is 1. The maximum Gasteiger partial charge on any atom is 0.335 e. The lowest BCUT2D eigenvalue weighted by Crippen LogP contribution is -2.25. The highest BCUT2D eigenvalue weighted by molar-refractivity contribution is 5.96. The molecule has 0 aliphatic carbocycles. The topological polar surface area (TPSA) is 104 Å². The zero-order chi connectivity index (χ0) is 18.7. The Labute approximate surface area is 149 Å². The Balaban J connectivity index is 1.59. The van der Waals surface area contributed by atoms with E-state index in [0.717, 1.165) is 0 Å². The highest BCUT2D eigenvalue weighted by Crippen LogP contribution is 2.26. The van der Waals surface area contributed by atoms with Gasteiger partial charge in [-0.25, -0.2) is 9.59 Å². The van der Waals surface area contributed by atoms with Gasteiger partial charge >= 0.3 is 11.9 Å². The molecule has 1 aliphatic heterocycles. The smallest absolute Gasteiger partial charge is 0.335 e. The van der Waals surface area contributed by atoms with Crippen LogP contribution in [0.2, 0.25) is 0 Å². The van der Waals surface area contributed by atoms with Crippen molar-refractivity contribution >= 4 is 23.5 Å². The van der Waals surface area contributed by atoms with Gasteiger partial charge in [0.25, 0.3) is 0 Å². The minimum absolute atomic E-state index is 0.000741. The second-order valence-electron chi connectivity index (χ2n) is 6.07. The Morgan fingerprint density at radius 3 is 2.04 bits per heavy atom. The highest BCUT2D eigenvalue weighted by atomic mass is 16.5. The van der Waals surface area contributed by atoms with Crippen LogP contribution in [0.5, 0.6) is 5.75 Å². The SMILES string of the molecule is O=C(O)c1ccc(OCC2CC(=O)N(c3ccc(C(=O)O)cc3)C2)cc1. The fourth-order valence-electron chi connectivity index (χ4n) is 2.83. The highest BCUT2D eigenvalue weighted by Gasteiger charge is 2.31. The van der Waals surface area contributed by atoms with Crippen molar-refractivity contribution < 1.29 is 29.3 Å². The summed E-state index contributed by atoms with van der Waals surface area (Å²) < 4.78 is 5.66. The lowest BCUT2D eigenvalue weighted by Gasteiger charge is -2.17. The monoisotopic (exact) mass is 355 g/mol. The standard InChI is InChI=1S/C19H17NO6/c21-17-9-12(11-26-16-7-3-14(4-8-16)19(24)25)10-20(17)15-5-1-13(2-6-15)18(22)23/h1-8,12H,9-11H2,(H,22,23)(H,24,25). The molecular weight excluding hydrogens is 338 g/mol. The first-order valence-electron chi connectivity index (χ1n) is 8.04. The number of carboxylic acid groups (broad SMARTS) is 2. The molecule has 26 heavy (non-hydrogen) atoms. The molecule has 1 amide bonds. The quantitative estimate of drug-likeness (QED) is 0.825. The molecular formula is C19H17NO6. The van der Waals surface area contributed by atoms with Crippen LogP contribution >= 0.6 is 0 Å². The lowest BCUT2D eigenvalue weighted by atomic mass is 10.1. The van der Waals surface area contributed by atoms with Gasteiger partial charge in [-0.15, -0.1) is 0 Å². The Bertz CT molecular complexity index is 828. The van der Waals surface area contributed by atoms with Crippen molar-refractivity contribution in [3.63, 3.8) is 0 Å². The van der Waals surface area contributed by atoms with Gasteiger partial charge in [0, 0.05) is 24.6 Å². The summed E-state index contributed by atoms with van der Waals surface area (Å²) in [6, 6.07) is 12.3. The van der Waals surface area contributed by atoms with Crippen molar-refractivity contribution in [1.29, 1.82) is 0 Å². The van der Waals surface area contributed by atoms with Gasteiger partial charge in [-0.05, 0) is 48.5 Å². The fraction of sp³-hybridized carbons (Fsp3) is 0.211. The fourth-order valence-corrected chi connectivity index (χ4v) is 2.83. The van der Waals surface area contributed by atoms with Crippen LogP contribution in [0.15, 0.2) is 48.5 Å². The van der Waals surface area contributed by atoms with E-state index in [1.165, 1.54) is 24.3 Å². The predicted octanol–water partition coefficient (Wildman–Crippen LogP) is 2.51. The molecule has 0 aromatic heterocycles. The number of hydrogen-bond acceptors (Lipinski definition) is 4. The van der Waals surface area contributed by atoms with Crippen LogP contribution < -0.4 is 9.64 Å². The molecule has 0 radical (unpaired) electrons. The van der Waals surface area contributed by atoms with Crippen LogP contribution in [0.1, 0.15) is 27.1 Å². The molecule has 3 rings (SSSR count). The van der Waals surface area contributed by atoms with E-state index in [1.54, 1.807) is 29.2 Å². The molecule has 7 nitrogen and oxygen atoms in total. The van der Waals surface area contributed by atoms with E-state index < -0.39 is 11.9 Å². The summed E-state index contributed by atoms with van der Waals surface area (Å²) in [6.45, 7) is 0.820. The zero-order valence-electron chi connectivity index (χ0n) is 13.8. The molecule has 2 aromatic rings. The number of ether oxygens (including phenoxy) is 1. The second kappa shape index (κ2) is 7.26. The third-order valence-corrected chi connectivity index (χ3v) is 4.22. The normalized spacial score (nSPS) is 16.5. The molecule has 1 unspecified atom stereocenters. The van der Waals surface area contributed by atoms with Gasteiger partial charge in [0.2, 0.25) is 5.91 Å². The molecule has 0 spiro atoms. The van der Waals surface area contributed by atoms with E-state index in [9.17, 15) is 14.4 Å². The average Bonchev–Trinajstić information content (AvgIpc) is 3.01. The molecule has 1 heterocycles. The first-order chi connectivity index (χ1) is 12.4. The minimum atomic E-state index is -1.01. The van der Waals surface area contributed by atoms with Gasteiger partial charge in [0.1, 0.15) is 5.75 Å². The first-order valence-corrected chi connectivity index (χ1v) is 8.04. The number of anilines is 1. The van der Waals surface area contributed by atoms with Crippen molar-refractivity contribution in [3.8, 4) is 5.75 Å². The molecule has 1 saturated heterocycles. The lowest BCUT2D eigenvalue weighted by molar-refractivity contribution is -0.117. The summed E-state index contributed by atoms with van der Waals surface area (Å²) in [5, 5.41) is 17.8. The summed E-state index contributed by atoms with van der Waals surface area (Å²) >= 11 is 0. The third-order valence-electron chi connectivity index (χ3n) is 4.22. The third kappa shape index (κ3) is 3.83. The van der Waals surface area contributed by atoms with E-state index in [-0.39, 0.29) is 23.0 Å². The summed E-state index contributed by atoms with van der Waals surface area (Å²) in [5.74, 6) is -1.50. The molecule has 2 aromatic carbocycles. The molecule has 7 heteroatoms. The average molecular weight is 355 g/mol. The molecule has 1 atom stereocenters. The van der Waals surface area contributed by atoms with Crippen molar-refractivity contribution in [3.05, 3.63) is 59.7 Å². The van der Waals surface area contributed by atoms with Crippen LogP contribution in [0, 0.1) is 5.92 Å². The van der Waals surface area contributed by atoms with Crippen molar-refractivity contribution in [2.24, 2.45) is 5.92 Å². The van der Waals surface area contributed by atoms with Crippen molar-refractivity contribution in [2.75, 3.05) is 18.1 Å². The molecule has 0 bridgehead atoms. The second-order valence-corrected chi connectivity index (χ2v) is 6.07. The zero-order valence-corrected chi connectivity index (χ0v) is 13.8. The number of carbonyl (C=O) groups is 3. The Hall–Kier alpha value is -3.35. The van der Waals surface area contributed by atoms with E-state index in [4.69, 9.17) is 14.9 Å². The molecule has 2 N–H and O–H groups in total. The van der Waals surface area contributed by atoms with E-state index in [1.807, 2.05) is 0 Å². The predicted molar refractivity (Wildman–Crippen MR) is 92.8 cm³/mol. The van der Waals surface area contributed by atoms with Crippen LogP contribution in [0.3, 0.4) is 0 Å². The Morgan fingerprint density at radius 1 is 0.962 bits per heavy atom. The van der Waals surface area contributed by atoms with Crippen molar-refractivity contribution in [1.82, 2.24) is 0 Å². The molecule has 1 aliphatic rings. The Kier molecular flexibility index (Phi) is 4.88. The van der Waals surface area contributed by atoms with Crippen LogP contribution in [0.4, 0.5) is 5.69 Å². The first kappa shape index (κ1) is 17.5. The summed E-state index contributed by atoms with van der Waals surface area (Å²) in [6.07, 6.45) is 0.341. The number of nitrogens with zero attached hydrogens (tertiary/aromatic N) is 1. The van der Waals surface area contributed by atoms with E-state index in [0.29, 0.717) is 31.0 Å². The van der Waals surface area contributed by atoms with Gasteiger partial charge < -0.3 is 19.8 Å². The summed E-state index contributed by atoms with van der Waals surface area (Å²) in [7, 11) is 0. The van der Waals surface area contributed by atoms with E-state index in [2.05, 4.69) is 0 Å². The molecule has 1 fully saturated rings. The van der Waals surface area contributed by atoms with Gasteiger partial charge in [-0.2, -0.15) is 0 Å². The van der Waals surface area contributed by atoms with Crippen LogP contribution in [0.25, 0.3) is 0 Å². The summed E-state index contributed by atoms with van der Waals surface area (Å²) in [4.78, 5) is 35.6. The van der Waals surface area contributed by atoms with E-state index >= 15 is 0 Å². The van der Waals surface area contributed by atoms with Crippen LogP contribution in [-0.2, 0) is 4.79 Å². The van der Waals surface area contributed by atoms with Crippen LogP contribution in [-0.4, -0.2) is 41.2 Å². The van der Waals surface area contributed by atoms with Gasteiger partial charge in [-0.3, -0.25) is 4.79 Å². The number of benzene rings is 2. The molecule has 0 saturated carbocycles. The largest absolute Gasteiger partial charge is 0.493 e. The van der Waals surface area contributed by atoms with Gasteiger partial charge in [0.05, 0.1) is 17.7 Å². The number of rotatable bonds is 6. The van der Waals surface area contributed by atoms with Gasteiger partial charge in [0.15, 0.2) is 0 Å². The summed E-state index contributed by atoms with van der Waals surface area (Å²) in [5.41, 5.74) is 1.02.